The van der Waals surface area contributed by atoms with Crippen molar-refractivity contribution in [3.63, 3.8) is 0 Å². The number of benzene rings is 2. The molecule has 140 valence electrons. The lowest BCUT2D eigenvalue weighted by Gasteiger charge is -2.26. The van der Waals surface area contributed by atoms with E-state index in [2.05, 4.69) is 14.7 Å². The summed E-state index contributed by atoms with van der Waals surface area (Å²) in [6.45, 7) is 1.57. The Labute approximate surface area is 167 Å². The summed E-state index contributed by atoms with van der Waals surface area (Å²) in [6, 6.07) is 11.5. The number of hydrogen-bond donors (Lipinski definition) is 0. The van der Waals surface area contributed by atoms with Crippen LogP contribution in [0.3, 0.4) is 0 Å². The zero-order chi connectivity index (χ0) is 19.0. The summed E-state index contributed by atoms with van der Waals surface area (Å²) in [6.07, 6.45) is 2.03. The second kappa shape index (κ2) is 7.14. The van der Waals surface area contributed by atoms with Gasteiger partial charge >= 0.3 is 0 Å². The van der Waals surface area contributed by atoms with Crippen molar-refractivity contribution >= 4 is 55.9 Å². The standard InChI is InChI=1S/C18H15Cl2N4O2S/c19-12-7-8-13(20)16(11-12)27(25,26)23-17-18(24-9-3-4-10-24)22-15-6-2-1-5-14(15)21-17/h1-2,5-8,11H,3-4,9-10H2/q-1. The fraction of sp³-hybridized carbons (Fsp3) is 0.222. The van der Waals surface area contributed by atoms with Crippen molar-refractivity contribution in [1.29, 1.82) is 0 Å². The monoisotopic (exact) mass is 421 g/mol. The molecule has 0 aliphatic carbocycles. The van der Waals surface area contributed by atoms with E-state index in [1.807, 2.05) is 23.1 Å². The minimum Gasteiger partial charge on any atom is -0.431 e. The van der Waals surface area contributed by atoms with Gasteiger partial charge in [-0.1, -0.05) is 41.4 Å². The van der Waals surface area contributed by atoms with Crippen molar-refractivity contribution in [2.75, 3.05) is 18.0 Å². The largest absolute Gasteiger partial charge is 0.431 e. The quantitative estimate of drug-likeness (QED) is 0.596. The molecule has 4 rings (SSSR count). The van der Waals surface area contributed by atoms with Crippen LogP contribution in [0.5, 0.6) is 0 Å². The molecule has 9 heteroatoms. The highest BCUT2D eigenvalue weighted by atomic mass is 35.5. The second-order valence-electron chi connectivity index (χ2n) is 6.19. The van der Waals surface area contributed by atoms with Crippen LogP contribution in [0.4, 0.5) is 11.6 Å². The van der Waals surface area contributed by atoms with E-state index in [1.54, 1.807) is 6.07 Å². The molecule has 27 heavy (non-hydrogen) atoms. The maximum Gasteiger partial charge on any atom is 0.204 e. The first-order valence-electron chi connectivity index (χ1n) is 8.39. The number of sulfonamides is 1. The second-order valence-corrected chi connectivity index (χ2v) is 8.61. The summed E-state index contributed by atoms with van der Waals surface area (Å²) >= 11 is 12.0. The third-order valence-electron chi connectivity index (χ3n) is 4.32. The van der Waals surface area contributed by atoms with Gasteiger partial charge in [-0.15, -0.1) is 0 Å². The molecule has 0 saturated carbocycles. The highest BCUT2D eigenvalue weighted by Crippen LogP contribution is 2.38. The molecule has 2 heterocycles. The van der Waals surface area contributed by atoms with Crippen LogP contribution in [0.25, 0.3) is 15.8 Å². The Bertz CT molecular complexity index is 1120. The Hall–Kier alpha value is -2.09. The van der Waals surface area contributed by atoms with Gasteiger partial charge in [-0.2, -0.15) is 0 Å². The van der Waals surface area contributed by atoms with Crippen molar-refractivity contribution in [2.24, 2.45) is 0 Å². The summed E-state index contributed by atoms with van der Waals surface area (Å²) in [5.74, 6) is 0.527. The van der Waals surface area contributed by atoms with Crippen LogP contribution in [0.2, 0.25) is 10.0 Å². The molecule has 0 radical (unpaired) electrons. The Balaban J connectivity index is 1.82. The van der Waals surface area contributed by atoms with E-state index in [4.69, 9.17) is 23.2 Å². The van der Waals surface area contributed by atoms with Gasteiger partial charge in [0.25, 0.3) is 0 Å². The predicted octanol–water partition coefficient (Wildman–Crippen LogP) is 4.93. The average molecular weight is 422 g/mol. The molecule has 0 unspecified atom stereocenters. The molecule has 1 fully saturated rings. The van der Waals surface area contributed by atoms with E-state index in [1.165, 1.54) is 18.2 Å². The lowest BCUT2D eigenvalue weighted by atomic mass is 10.3. The van der Waals surface area contributed by atoms with Gasteiger partial charge in [0, 0.05) is 18.1 Å². The van der Waals surface area contributed by atoms with Gasteiger partial charge in [-0.3, -0.25) is 0 Å². The highest BCUT2D eigenvalue weighted by molar-refractivity contribution is 7.94. The zero-order valence-electron chi connectivity index (χ0n) is 14.1. The Morgan fingerprint density at radius 1 is 0.963 bits per heavy atom. The van der Waals surface area contributed by atoms with Crippen LogP contribution >= 0.6 is 23.2 Å². The van der Waals surface area contributed by atoms with E-state index in [0.717, 1.165) is 25.9 Å². The molecule has 1 aliphatic rings. The van der Waals surface area contributed by atoms with E-state index in [0.29, 0.717) is 16.9 Å². The third-order valence-corrected chi connectivity index (χ3v) is 6.30. The maximum atomic E-state index is 12.9. The normalized spacial score (nSPS) is 14.7. The van der Waals surface area contributed by atoms with Crippen LogP contribution in [0.15, 0.2) is 47.4 Å². The third kappa shape index (κ3) is 3.67. The number of aromatic nitrogens is 2. The lowest BCUT2D eigenvalue weighted by Crippen LogP contribution is -2.20. The Morgan fingerprint density at radius 3 is 2.33 bits per heavy atom. The molecular formula is C18H15Cl2N4O2S-. The van der Waals surface area contributed by atoms with Gasteiger partial charge < -0.3 is 14.6 Å². The molecule has 0 atom stereocenters. The number of para-hydroxylation sites is 2. The van der Waals surface area contributed by atoms with Gasteiger partial charge in [0.05, 0.1) is 15.4 Å². The van der Waals surface area contributed by atoms with E-state index in [-0.39, 0.29) is 20.8 Å². The first-order valence-corrected chi connectivity index (χ1v) is 10.6. The number of halogens is 2. The van der Waals surface area contributed by atoms with Crippen LogP contribution in [0, 0.1) is 0 Å². The summed E-state index contributed by atoms with van der Waals surface area (Å²) < 4.78 is 29.7. The summed E-state index contributed by atoms with van der Waals surface area (Å²) in [5, 5.41) is 0.317. The van der Waals surface area contributed by atoms with Crippen molar-refractivity contribution in [1.82, 2.24) is 9.97 Å². The van der Waals surface area contributed by atoms with Gasteiger partial charge in [0.1, 0.15) is 5.82 Å². The number of rotatable bonds is 4. The van der Waals surface area contributed by atoms with Crippen LogP contribution < -0.4 is 4.90 Å². The number of anilines is 1. The SMILES string of the molecule is O=S(=O)([N-]c1nc2ccccc2nc1N1CCCC1)c1cc(Cl)ccc1Cl. The molecule has 0 bridgehead atoms. The van der Waals surface area contributed by atoms with Crippen molar-refractivity contribution in [3.05, 3.63) is 57.2 Å². The molecule has 6 nitrogen and oxygen atoms in total. The first kappa shape index (κ1) is 18.3. The molecule has 1 aromatic heterocycles. The number of fused-ring (bicyclic) bond motifs is 1. The fourth-order valence-electron chi connectivity index (χ4n) is 3.02. The van der Waals surface area contributed by atoms with E-state index >= 15 is 0 Å². The van der Waals surface area contributed by atoms with Gasteiger partial charge in [0.15, 0.2) is 0 Å². The van der Waals surface area contributed by atoms with Crippen molar-refractivity contribution in [2.45, 2.75) is 17.7 Å². The summed E-state index contributed by atoms with van der Waals surface area (Å²) in [4.78, 5) is 10.9. The van der Waals surface area contributed by atoms with Gasteiger partial charge in [0.2, 0.25) is 10.0 Å². The fourth-order valence-corrected chi connectivity index (χ4v) is 4.71. The molecule has 0 N–H and O–H groups in total. The molecule has 1 aliphatic heterocycles. The van der Waals surface area contributed by atoms with Crippen LogP contribution in [0.1, 0.15) is 12.8 Å². The van der Waals surface area contributed by atoms with Gasteiger partial charge in [-0.25, -0.2) is 13.4 Å². The summed E-state index contributed by atoms with van der Waals surface area (Å²) in [7, 11) is -4.11. The Morgan fingerprint density at radius 2 is 1.63 bits per heavy atom. The van der Waals surface area contributed by atoms with E-state index < -0.39 is 10.0 Å². The molecule has 0 amide bonds. The Kier molecular flexibility index (Phi) is 4.84. The van der Waals surface area contributed by atoms with E-state index in [9.17, 15) is 8.42 Å². The predicted molar refractivity (Wildman–Crippen MR) is 108 cm³/mol. The topological polar surface area (TPSA) is 77.3 Å². The first-order chi connectivity index (χ1) is 12.9. The highest BCUT2D eigenvalue weighted by Gasteiger charge is 2.20. The minimum absolute atomic E-state index is 0.0552. The molecule has 2 aromatic carbocycles. The molecule has 0 spiro atoms. The van der Waals surface area contributed by atoms with Gasteiger partial charge in [-0.05, 0) is 48.4 Å². The number of hydrogen-bond acceptors (Lipinski definition) is 5. The molecule has 1 saturated heterocycles. The summed E-state index contributed by atoms with van der Waals surface area (Å²) in [5.41, 5.74) is 1.27. The van der Waals surface area contributed by atoms with Crippen LogP contribution in [-0.4, -0.2) is 31.5 Å². The van der Waals surface area contributed by atoms with Crippen LogP contribution in [-0.2, 0) is 10.0 Å². The minimum atomic E-state index is -4.11. The average Bonchev–Trinajstić information content (AvgIpc) is 3.17. The van der Waals surface area contributed by atoms with Crippen molar-refractivity contribution in [3.8, 4) is 0 Å². The molecular weight excluding hydrogens is 407 g/mol. The zero-order valence-corrected chi connectivity index (χ0v) is 16.5. The molecule has 3 aromatic rings. The lowest BCUT2D eigenvalue weighted by molar-refractivity contribution is 0.603. The van der Waals surface area contributed by atoms with Crippen molar-refractivity contribution < 1.29 is 8.42 Å². The number of nitrogens with zero attached hydrogens (tertiary/aromatic N) is 4. The smallest absolute Gasteiger partial charge is 0.204 e. The maximum absolute atomic E-state index is 12.9.